The number of amidine groups is 1. The smallest absolute Gasteiger partial charge is 0.134 e. The Morgan fingerprint density at radius 2 is 2.18 bits per heavy atom. The van der Waals surface area contributed by atoms with Crippen molar-refractivity contribution in [1.29, 1.82) is 0 Å². The molecule has 1 aromatic rings. The summed E-state index contributed by atoms with van der Waals surface area (Å²) in [7, 11) is 0. The Morgan fingerprint density at radius 3 is 2.94 bits per heavy atom. The number of hydrogen-bond acceptors (Lipinski definition) is 2. The van der Waals surface area contributed by atoms with E-state index in [4.69, 9.17) is 0 Å². The fraction of sp³-hybridized carbons (Fsp3) is 0.417. The van der Waals surface area contributed by atoms with Crippen LogP contribution in [0, 0.1) is 11.7 Å². The highest BCUT2D eigenvalue weighted by atomic mass is 35.5. The molecule has 2 aliphatic heterocycles. The maximum absolute atomic E-state index is 13.0. The van der Waals surface area contributed by atoms with Crippen molar-refractivity contribution in [2.75, 3.05) is 13.1 Å². The summed E-state index contributed by atoms with van der Waals surface area (Å²) in [6.45, 7) is 2.00. The van der Waals surface area contributed by atoms with Gasteiger partial charge in [-0.2, -0.15) is 0 Å². The quantitative estimate of drug-likeness (QED) is 0.822. The Morgan fingerprint density at radius 1 is 1.29 bits per heavy atom. The predicted octanol–water partition coefficient (Wildman–Crippen LogP) is 2.53. The Kier molecular flexibility index (Phi) is 3.64. The van der Waals surface area contributed by atoms with Crippen molar-refractivity contribution in [3.63, 3.8) is 0 Å². The second kappa shape index (κ2) is 5.02. The van der Waals surface area contributed by atoms with Crippen LogP contribution in [0.3, 0.4) is 0 Å². The monoisotopic (exact) mass is 254 g/mol. The van der Waals surface area contributed by atoms with Gasteiger partial charge in [0, 0.05) is 18.5 Å². The van der Waals surface area contributed by atoms with E-state index in [1.807, 2.05) is 0 Å². The first-order valence-corrected chi connectivity index (χ1v) is 5.63. The van der Waals surface area contributed by atoms with Gasteiger partial charge in [0.15, 0.2) is 0 Å². The molecule has 91 valence electrons. The Hall–Kier alpha value is -1.13. The molecule has 2 aliphatic rings. The van der Waals surface area contributed by atoms with E-state index < -0.39 is 0 Å². The molecule has 0 aromatic heterocycles. The number of piperidine rings is 1. The van der Waals surface area contributed by atoms with E-state index in [-0.39, 0.29) is 18.2 Å². The van der Waals surface area contributed by atoms with Crippen molar-refractivity contribution in [3.05, 3.63) is 24.0 Å². The molecule has 0 spiro atoms. The number of nitrogens with one attached hydrogen (secondary N) is 1. The molecule has 5 heteroatoms. The molecule has 0 bridgehead atoms. The highest BCUT2D eigenvalue weighted by Crippen LogP contribution is 2.33. The molecule has 1 atom stereocenters. The minimum absolute atomic E-state index is 0. The summed E-state index contributed by atoms with van der Waals surface area (Å²) in [6.07, 6.45) is 2.27. The van der Waals surface area contributed by atoms with Crippen LogP contribution in [0.2, 0.25) is 0 Å². The zero-order chi connectivity index (χ0) is 11.0. The van der Waals surface area contributed by atoms with E-state index in [0.717, 1.165) is 37.5 Å². The third-order valence-electron chi connectivity index (χ3n) is 3.07. The first-order chi connectivity index (χ1) is 7.83. The van der Waals surface area contributed by atoms with Gasteiger partial charge in [-0.1, -0.05) is 0 Å². The molecule has 1 N–H and O–H groups in total. The highest BCUT2D eigenvalue weighted by Gasteiger charge is 2.25. The summed E-state index contributed by atoms with van der Waals surface area (Å²) in [6, 6.07) is 4.57. The van der Waals surface area contributed by atoms with Crippen molar-refractivity contribution in [2.24, 2.45) is 10.9 Å². The van der Waals surface area contributed by atoms with E-state index in [1.165, 1.54) is 12.1 Å². The normalized spacial score (nSPS) is 22.2. The van der Waals surface area contributed by atoms with Crippen molar-refractivity contribution in [1.82, 2.24) is 10.6 Å². The third-order valence-corrected chi connectivity index (χ3v) is 3.07. The number of benzene rings is 1. The van der Waals surface area contributed by atoms with E-state index >= 15 is 0 Å². The van der Waals surface area contributed by atoms with E-state index in [1.54, 1.807) is 6.07 Å². The Bertz CT molecular complexity index is 441. The molecule has 1 radical (unpaired) electrons. The summed E-state index contributed by atoms with van der Waals surface area (Å²) in [5.41, 5.74) is 1.46. The number of fused-ring (bicyclic) bond motifs is 1. The van der Waals surface area contributed by atoms with Crippen molar-refractivity contribution in [2.45, 2.75) is 12.8 Å². The van der Waals surface area contributed by atoms with Crippen molar-refractivity contribution >= 4 is 29.6 Å². The molecular weight excluding hydrogens is 241 g/mol. The van der Waals surface area contributed by atoms with Crippen LogP contribution in [-0.4, -0.2) is 18.9 Å². The van der Waals surface area contributed by atoms with Gasteiger partial charge in [0.25, 0.3) is 0 Å². The lowest BCUT2D eigenvalue weighted by Crippen LogP contribution is -2.36. The molecule has 0 amide bonds. The number of rotatable bonds is 1. The maximum atomic E-state index is 13.0. The fourth-order valence-corrected chi connectivity index (χ4v) is 2.21. The molecule has 3 nitrogen and oxygen atoms in total. The molecule has 0 aliphatic carbocycles. The van der Waals surface area contributed by atoms with Crippen LogP contribution < -0.4 is 10.6 Å². The van der Waals surface area contributed by atoms with Gasteiger partial charge in [0.2, 0.25) is 0 Å². The average Bonchev–Trinajstić information content (AvgIpc) is 2.73. The lowest BCUT2D eigenvalue weighted by atomic mass is 9.98. The predicted molar refractivity (Wildman–Crippen MR) is 68.1 cm³/mol. The van der Waals surface area contributed by atoms with Crippen LogP contribution in [0.25, 0.3) is 0 Å². The largest absolute Gasteiger partial charge is 0.316 e. The van der Waals surface area contributed by atoms with Gasteiger partial charge in [-0.05, 0) is 31.5 Å². The second-order valence-corrected chi connectivity index (χ2v) is 4.26. The summed E-state index contributed by atoms with van der Waals surface area (Å²) < 4.78 is 13.0. The van der Waals surface area contributed by atoms with Gasteiger partial charge in [-0.15, -0.1) is 12.4 Å². The van der Waals surface area contributed by atoms with Gasteiger partial charge < -0.3 is 5.32 Å². The van der Waals surface area contributed by atoms with Gasteiger partial charge in [-0.25, -0.2) is 14.7 Å². The maximum Gasteiger partial charge on any atom is 0.134 e. The molecule has 2 heterocycles. The number of nitrogens with zero attached hydrogens (tertiary/aromatic N) is 2. The van der Waals surface area contributed by atoms with E-state index in [9.17, 15) is 4.39 Å². The van der Waals surface area contributed by atoms with Gasteiger partial charge in [-0.3, -0.25) is 0 Å². The minimum Gasteiger partial charge on any atom is -0.316 e. The zero-order valence-corrected chi connectivity index (χ0v) is 10.1. The summed E-state index contributed by atoms with van der Waals surface area (Å²) in [4.78, 5) is 4.46. The summed E-state index contributed by atoms with van der Waals surface area (Å²) >= 11 is 0. The molecule has 1 aromatic carbocycles. The molecule has 3 rings (SSSR count). The number of hydrogen-bond donors (Lipinski definition) is 1. The van der Waals surface area contributed by atoms with Crippen LogP contribution in [0.4, 0.5) is 15.8 Å². The van der Waals surface area contributed by atoms with Crippen LogP contribution in [0.1, 0.15) is 12.8 Å². The van der Waals surface area contributed by atoms with Crippen LogP contribution in [0.5, 0.6) is 0 Å². The van der Waals surface area contributed by atoms with Crippen LogP contribution in [0.15, 0.2) is 23.2 Å². The zero-order valence-electron chi connectivity index (χ0n) is 9.32. The molecule has 1 fully saturated rings. The van der Waals surface area contributed by atoms with E-state index in [0.29, 0.717) is 11.6 Å². The molecule has 17 heavy (non-hydrogen) atoms. The topological polar surface area (TPSA) is 38.5 Å². The van der Waals surface area contributed by atoms with Crippen LogP contribution >= 0.6 is 12.4 Å². The third kappa shape index (κ3) is 2.42. The van der Waals surface area contributed by atoms with Crippen LogP contribution in [-0.2, 0) is 0 Å². The van der Waals surface area contributed by atoms with Gasteiger partial charge in [0.1, 0.15) is 11.7 Å². The Labute approximate surface area is 106 Å². The van der Waals surface area contributed by atoms with Crippen molar-refractivity contribution in [3.8, 4) is 0 Å². The molecule has 1 unspecified atom stereocenters. The lowest BCUT2D eigenvalue weighted by Gasteiger charge is -2.21. The molecule has 1 saturated heterocycles. The first kappa shape index (κ1) is 12.3. The molecule has 0 saturated carbocycles. The lowest BCUT2D eigenvalue weighted by molar-refractivity contribution is 0.454. The molecular formula is C12H14ClFN3. The standard InChI is InChI=1S/C12H13FN3.ClH/c13-9-3-4-10-11(6-9)16-12(15-10)8-2-1-5-14-7-8;/h3-4,6,8,14H,1-2,5,7H2;1H. The number of aliphatic imine (C=N–C) groups is 1. The number of halogens is 2. The average molecular weight is 255 g/mol. The fourth-order valence-electron chi connectivity index (χ4n) is 2.21. The SMILES string of the molecule is Cl.Fc1ccc2c(c1)[N]C(C1CCCNC1)=N2. The summed E-state index contributed by atoms with van der Waals surface area (Å²) in [5.74, 6) is 0.984. The van der Waals surface area contributed by atoms with E-state index in [2.05, 4.69) is 15.6 Å². The Balaban J connectivity index is 0.00000108. The summed E-state index contributed by atoms with van der Waals surface area (Å²) in [5, 5.41) is 7.74. The second-order valence-electron chi connectivity index (χ2n) is 4.26. The minimum atomic E-state index is -0.249. The van der Waals surface area contributed by atoms with Crippen molar-refractivity contribution < 1.29 is 4.39 Å². The highest BCUT2D eigenvalue weighted by molar-refractivity contribution is 5.97. The first-order valence-electron chi connectivity index (χ1n) is 5.63. The van der Waals surface area contributed by atoms with Gasteiger partial charge in [0.05, 0.1) is 11.4 Å². The van der Waals surface area contributed by atoms with Gasteiger partial charge >= 0.3 is 0 Å².